The summed E-state index contributed by atoms with van der Waals surface area (Å²) in [5.74, 6) is 0. The zero-order valence-electron chi connectivity index (χ0n) is 11.9. The van der Waals surface area contributed by atoms with Crippen LogP contribution in [-0.4, -0.2) is 23.6 Å². The molecule has 0 bridgehead atoms. The van der Waals surface area contributed by atoms with Crippen molar-refractivity contribution in [2.75, 3.05) is 11.4 Å². The molecule has 1 aliphatic heterocycles. The normalized spacial score (nSPS) is 25.7. The van der Waals surface area contributed by atoms with Gasteiger partial charge in [-0.1, -0.05) is 13.8 Å². The molecule has 0 aromatic carbocycles. The summed E-state index contributed by atoms with van der Waals surface area (Å²) in [6.07, 6.45) is 3.84. The van der Waals surface area contributed by atoms with E-state index in [-0.39, 0.29) is 0 Å². The molecule has 1 fully saturated rings. The molecule has 1 aromatic rings. The van der Waals surface area contributed by atoms with E-state index in [9.17, 15) is 0 Å². The SMILES string of the molecule is CCNC(C)c1csc(N2C(C)CCC2CC)n1. The van der Waals surface area contributed by atoms with Crippen molar-refractivity contribution in [3.63, 3.8) is 0 Å². The molecule has 0 aliphatic carbocycles. The van der Waals surface area contributed by atoms with Crippen molar-refractivity contribution in [3.05, 3.63) is 11.1 Å². The van der Waals surface area contributed by atoms with E-state index in [1.165, 1.54) is 30.1 Å². The molecule has 18 heavy (non-hydrogen) atoms. The summed E-state index contributed by atoms with van der Waals surface area (Å²) in [5.41, 5.74) is 1.19. The fraction of sp³-hybridized carbons (Fsp3) is 0.786. The Morgan fingerprint density at radius 2 is 2.28 bits per heavy atom. The van der Waals surface area contributed by atoms with Crippen LogP contribution in [0.1, 0.15) is 58.7 Å². The minimum Gasteiger partial charge on any atom is -0.342 e. The zero-order chi connectivity index (χ0) is 13.1. The Balaban J connectivity index is 2.13. The van der Waals surface area contributed by atoms with Gasteiger partial charge in [-0.05, 0) is 39.7 Å². The smallest absolute Gasteiger partial charge is 0.186 e. The molecule has 3 atom stereocenters. The fourth-order valence-corrected chi connectivity index (χ4v) is 3.91. The van der Waals surface area contributed by atoms with Gasteiger partial charge in [0.15, 0.2) is 5.13 Å². The van der Waals surface area contributed by atoms with Crippen molar-refractivity contribution in [2.45, 2.75) is 65.1 Å². The van der Waals surface area contributed by atoms with Crippen LogP contribution in [0.15, 0.2) is 5.38 Å². The van der Waals surface area contributed by atoms with Crippen molar-refractivity contribution in [1.29, 1.82) is 0 Å². The van der Waals surface area contributed by atoms with Gasteiger partial charge < -0.3 is 10.2 Å². The third kappa shape index (κ3) is 2.69. The number of rotatable bonds is 5. The number of thiazole rings is 1. The monoisotopic (exact) mass is 267 g/mol. The van der Waals surface area contributed by atoms with E-state index in [1.807, 2.05) is 0 Å². The molecule has 0 spiro atoms. The maximum absolute atomic E-state index is 4.84. The molecular weight excluding hydrogens is 242 g/mol. The van der Waals surface area contributed by atoms with Gasteiger partial charge in [0.2, 0.25) is 0 Å². The number of anilines is 1. The van der Waals surface area contributed by atoms with Gasteiger partial charge in [-0.2, -0.15) is 0 Å². The number of nitrogens with one attached hydrogen (secondary N) is 1. The van der Waals surface area contributed by atoms with Gasteiger partial charge in [0.1, 0.15) is 0 Å². The van der Waals surface area contributed by atoms with E-state index in [4.69, 9.17) is 4.98 Å². The molecule has 102 valence electrons. The molecular formula is C14H25N3S. The van der Waals surface area contributed by atoms with E-state index >= 15 is 0 Å². The number of hydrogen-bond acceptors (Lipinski definition) is 4. The summed E-state index contributed by atoms with van der Waals surface area (Å²) in [6.45, 7) is 9.92. The van der Waals surface area contributed by atoms with Crippen molar-refractivity contribution in [3.8, 4) is 0 Å². The lowest BCUT2D eigenvalue weighted by atomic mass is 10.2. The average molecular weight is 267 g/mol. The first kappa shape index (κ1) is 13.8. The van der Waals surface area contributed by atoms with Gasteiger partial charge in [-0.3, -0.25) is 0 Å². The highest BCUT2D eigenvalue weighted by Gasteiger charge is 2.31. The lowest BCUT2D eigenvalue weighted by Crippen LogP contribution is -2.34. The Hall–Kier alpha value is -0.610. The minimum atomic E-state index is 0.359. The van der Waals surface area contributed by atoms with Crippen LogP contribution in [0.2, 0.25) is 0 Å². The topological polar surface area (TPSA) is 28.2 Å². The second-order valence-electron chi connectivity index (χ2n) is 5.23. The second kappa shape index (κ2) is 6.02. The molecule has 3 nitrogen and oxygen atoms in total. The molecule has 2 heterocycles. The largest absolute Gasteiger partial charge is 0.342 e. The standard InChI is InChI=1S/C14H25N3S/c1-5-12-8-7-10(3)17(12)14-16-13(9-18-14)11(4)15-6-2/h9-12,15H,5-8H2,1-4H3. The fourth-order valence-electron chi connectivity index (χ4n) is 2.82. The maximum atomic E-state index is 4.84. The van der Waals surface area contributed by atoms with Crippen LogP contribution in [-0.2, 0) is 0 Å². The predicted octanol–water partition coefficient (Wildman–Crippen LogP) is 3.58. The van der Waals surface area contributed by atoms with Crippen LogP contribution in [0.3, 0.4) is 0 Å². The molecule has 1 saturated heterocycles. The van der Waals surface area contributed by atoms with Gasteiger partial charge in [0.25, 0.3) is 0 Å². The summed E-state index contributed by atoms with van der Waals surface area (Å²) in [6, 6.07) is 1.69. The van der Waals surface area contributed by atoms with Gasteiger partial charge in [-0.15, -0.1) is 11.3 Å². The van der Waals surface area contributed by atoms with Gasteiger partial charge >= 0.3 is 0 Å². The number of nitrogens with zero attached hydrogens (tertiary/aromatic N) is 2. The van der Waals surface area contributed by atoms with E-state index in [1.54, 1.807) is 11.3 Å². The summed E-state index contributed by atoms with van der Waals surface area (Å²) in [5, 5.41) is 6.85. The highest BCUT2D eigenvalue weighted by atomic mass is 32.1. The quantitative estimate of drug-likeness (QED) is 0.884. The van der Waals surface area contributed by atoms with Crippen LogP contribution in [0.4, 0.5) is 5.13 Å². The predicted molar refractivity (Wildman–Crippen MR) is 79.5 cm³/mol. The van der Waals surface area contributed by atoms with E-state index < -0.39 is 0 Å². The van der Waals surface area contributed by atoms with Gasteiger partial charge in [-0.25, -0.2) is 4.98 Å². The number of hydrogen-bond donors (Lipinski definition) is 1. The Kier molecular flexibility index (Phi) is 4.62. The Labute approximate surface area is 115 Å². The lowest BCUT2D eigenvalue weighted by Gasteiger charge is -2.27. The summed E-state index contributed by atoms with van der Waals surface area (Å²) in [7, 11) is 0. The molecule has 1 N–H and O–H groups in total. The number of aromatic nitrogens is 1. The molecule has 0 radical (unpaired) electrons. The average Bonchev–Trinajstić information content (AvgIpc) is 2.95. The van der Waals surface area contributed by atoms with Crippen LogP contribution in [0.5, 0.6) is 0 Å². The van der Waals surface area contributed by atoms with Crippen LogP contribution in [0, 0.1) is 0 Å². The van der Waals surface area contributed by atoms with Crippen LogP contribution in [0.25, 0.3) is 0 Å². The van der Waals surface area contributed by atoms with Crippen molar-refractivity contribution in [2.24, 2.45) is 0 Å². The van der Waals surface area contributed by atoms with E-state index in [2.05, 4.69) is 43.3 Å². The maximum Gasteiger partial charge on any atom is 0.186 e. The third-order valence-corrected chi connectivity index (χ3v) is 4.81. The molecule has 1 aromatic heterocycles. The van der Waals surface area contributed by atoms with Crippen LogP contribution < -0.4 is 10.2 Å². The molecule has 1 aliphatic rings. The highest BCUT2D eigenvalue weighted by Crippen LogP contribution is 2.34. The third-order valence-electron chi connectivity index (χ3n) is 3.94. The molecule has 4 heteroatoms. The molecule has 0 amide bonds. The van der Waals surface area contributed by atoms with Crippen molar-refractivity contribution < 1.29 is 0 Å². The van der Waals surface area contributed by atoms with Crippen LogP contribution >= 0.6 is 11.3 Å². The van der Waals surface area contributed by atoms with Gasteiger partial charge in [0, 0.05) is 23.5 Å². The van der Waals surface area contributed by atoms with Crippen molar-refractivity contribution in [1.82, 2.24) is 10.3 Å². The highest BCUT2D eigenvalue weighted by molar-refractivity contribution is 7.13. The Bertz CT molecular complexity index is 377. The first-order chi connectivity index (χ1) is 8.67. The Morgan fingerprint density at radius 3 is 2.94 bits per heavy atom. The summed E-state index contributed by atoms with van der Waals surface area (Å²) >= 11 is 1.80. The van der Waals surface area contributed by atoms with Crippen molar-refractivity contribution >= 4 is 16.5 Å². The molecule has 3 unspecified atom stereocenters. The molecule has 0 saturated carbocycles. The first-order valence-electron chi connectivity index (χ1n) is 7.14. The summed E-state index contributed by atoms with van der Waals surface area (Å²) in [4.78, 5) is 7.38. The minimum absolute atomic E-state index is 0.359. The first-order valence-corrected chi connectivity index (χ1v) is 8.02. The van der Waals surface area contributed by atoms with E-state index in [0.29, 0.717) is 18.1 Å². The Morgan fingerprint density at radius 1 is 1.50 bits per heavy atom. The van der Waals surface area contributed by atoms with E-state index in [0.717, 1.165) is 6.54 Å². The zero-order valence-corrected chi connectivity index (χ0v) is 12.8. The summed E-state index contributed by atoms with van der Waals surface area (Å²) < 4.78 is 0. The van der Waals surface area contributed by atoms with Gasteiger partial charge in [0.05, 0.1) is 5.69 Å². The lowest BCUT2D eigenvalue weighted by molar-refractivity contribution is 0.581. The molecule has 2 rings (SSSR count). The second-order valence-corrected chi connectivity index (χ2v) is 6.07.